The number of halogens is 1. The highest BCUT2D eigenvalue weighted by atomic mass is 35.5. The first-order valence-electron chi connectivity index (χ1n) is 5.29. The van der Waals surface area contributed by atoms with Crippen molar-refractivity contribution in [2.24, 2.45) is 0 Å². The molecule has 0 aromatic carbocycles. The predicted molar refractivity (Wildman–Crippen MR) is 62.7 cm³/mol. The quantitative estimate of drug-likeness (QED) is 0.656. The van der Waals surface area contributed by atoms with E-state index in [1.165, 1.54) is 14.1 Å². The summed E-state index contributed by atoms with van der Waals surface area (Å²) in [4.78, 5) is 25.9. The molecule has 7 nitrogen and oxygen atoms in total. The molecule has 1 heterocycles. The molecule has 0 bridgehead atoms. The molecule has 1 aromatic heterocycles. The van der Waals surface area contributed by atoms with E-state index in [0.717, 1.165) is 0 Å². The fourth-order valence-electron chi connectivity index (χ4n) is 1.11. The maximum Gasteiger partial charge on any atom is 0.407 e. The van der Waals surface area contributed by atoms with Crippen LogP contribution in [0.1, 0.15) is 11.4 Å². The van der Waals surface area contributed by atoms with E-state index in [0.29, 0.717) is 11.4 Å². The molecule has 0 unspecified atom stereocenters. The molecule has 2 amide bonds. The molecule has 0 aliphatic heterocycles. The number of carbonyl (C=O) groups is 2. The lowest BCUT2D eigenvalue weighted by molar-refractivity contribution is -0.0000152. The van der Waals surface area contributed by atoms with Gasteiger partial charge in [-0.25, -0.2) is 9.59 Å². The number of nitrogens with one attached hydrogen (secondary N) is 2. The molecule has 106 valence electrons. The second-order valence-electron chi connectivity index (χ2n) is 3.27. The SMILES string of the molecule is CNC(=O)OCc1cccc(COC(=O)NC)n1.[Cl-]. The molecule has 0 aliphatic rings. The van der Waals surface area contributed by atoms with Gasteiger partial charge in [0, 0.05) is 14.1 Å². The molecule has 19 heavy (non-hydrogen) atoms. The second-order valence-corrected chi connectivity index (χ2v) is 3.27. The van der Waals surface area contributed by atoms with Crippen molar-refractivity contribution >= 4 is 12.2 Å². The Kier molecular flexibility index (Phi) is 8.03. The van der Waals surface area contributed by atoms with Gasteiger partial charge in [-0.05, 0) is 12.1 Å². The highest BCUT2D eigenvalue weighted by Gasteiger charge is 2.04. The van der Waals surface area contributed by atoms with Crippen molar-refractivity contribution in [1.29, 1.82) is 0 Å². The highest BCUT2D eigenvalue weighted by molar-refractivity contribution is 5.66. The average Bonchev–Trinajstić information content (AvgIpc) is 2.42. The van der Waals surface area contributed by atoms with Gasteiger partial charge in [-0.2, -0.15) is 0 Å². The lowest BCUT2D eigenvalue weighted by atomic mass is 10.3. The monoisotopic (exact) mass is 288 g/mol. The maximum absolute atomic E-state index is 10.9. The van der Waals surface area contributed by atoms with Crippen molar-refractivity contribution in [2.45, 2.75) is 13.2 Å². The Balaban J connectivity index is 0.00000324. The van der Waals surface area contributed by atoms with Gasteiger partial charge in [-0.15, -0.1) is 0 Å². The van der Waals surface area contributed by atoms with Crippen molar-refractivity contribution in [2.75, 3.05) is 14.1 Å². The Bertz CT molecular complexity index is 393. The van der Waals surface area contributed by atoms with Crippen LogP contribution < -0.4 is 23.0 Å². The first-order valence-corrected chi connectivity index (χ1v) is 5.29. The van der Waals surface area contributed by atoms with Crippen LogP contribution in [0, 0.1) is 0 Å². The fourth-order valence-corrected chi connectivity index (χ4v) is 1.11. The summed E-state index contributed by atoms with van der Waals surface area (Å²) in [6, 6.07) is 5.18. The number of carbonyl (C=O) groups excluding carboxylic acids is 2. The number of alkyl carbamates (subject to hydrolysis) is 2. The lowest BCUT2D eigenvalue weighted by Gasteiger charge is -2.06. The molecular weight excluding hydrogens is 274 g/mol. The summed E-state index contributed by atoms with van der Waals surface area (Å²) in [5.41, 5.74) is 1.16. The van der Waals surface area contributed by atoms with Gasteiger partial charge in [0.15, 0.2) is 0 Å². The molecule has 0 saturated heterocycles. The van der Waals surface area contributed by atoms with Crippen LogP contribution >= 0.6 is 0 Å². The number of hydrogen-bond donors (Lipinski definition) is 2. The third kappa shape index (κ3) is 6.46. The average molecular weight is 289 g/mol. The molecule has 0 radical (unpaired) electrons. The minimum atomic E-state index is -0.524. The zero-order valence-corrected chi connectivity index (χ0v) is 11.4. The smallest absolute Gasteiger partial charge is 0.407 e. The van der Waals surface area contributed by atoms with Gasteiger partial charge in [0.1, 0.15) is 13.2 Å². The minimum Gasteiger partial charge on any atom is -1.00 e. The van der Waals surface area contributed by atoms with Crippen molar-refractivity contribution in [3.05, 3.63) is 29.6 Å². The van der Waals surface area contributed by atoms with Crippen molar-refractivity contribution in [1.82, 2.24) is 15.6 Å². The summed E-state index contributed by atoms with van der Waals surface area (Å²) in [5.74, 6) is 0. The standard InChI is InChI=1S/C11H15N3O4.ClH/c1-12-10(15)17-6-8-4-3-5-9(14-8)7-18-11(16)13-2;/h3-5H,6-7H2,1-2H3,(H,12,15)(H,13,16);1H/p-1. The van der Waals surface area contributed by atoms with Gasteiger partial charge >= 0.3 is 12.2 Å². The first kappa shape index (κ1) is 17.0. The third-order valence-corrected chi connectivity index (χ3v) is 1.97. The molecule has 0 aliphatic carbocycles. The van der Waals surface area contributed by atoms with E-state index in [2.05, 4.69) is 15.6 Å². The topological polar surface area (TPSA) is 89.5 Å². The van der Waals surface area contributed by atoms with Gasteiger partial charge in [0.25, 0.3) is 0 Å². The molecule has 0 saturated carbocycles. The number of rotatable bonds is 4. The van der Waals surface area contributed by atoms with Crippen LogP contribution in [0.4, 0.5) is 9.59 Å². The number of ether oxygens (including phenoxy) is 2. The summed E-state index contributed by atoms with van der Waals surface area (Å²) in [5, 5.41) is 4.66. The molecule has 1 rings (SSSR count). The second kappa shape index (κ2) is 8.98. The molecular formula is C11H15ClN3O4-. The number of amides is 2. The lowest BCUT2D eigenvalue weighted by Crippen LogP contribution is -3.00. The zero-order chi connectivity index (χ0) is 13.4. The van der Waals surface area contributed by atoms with Crippen molar-refractivity contribution in [3.8, 4) is 0 Å². The van der Waals surface area contributed by atoms with E-state index in [4.69, 9.17) is 9.47 Å². The molecule has 0 spiro atoms. The Morgan fingerprint density at radius 2 is 1.47 bits per heavy atom. The Morgan fingerprint density at radius 3 is 1.84 bits per heavy atom. The first-order chi connectivity index (χ1) is 8.65. The largest absolute Gasteiger partial charge is 1.00 e. The van der Waals surface area contributed by atoms with E-state index in [-0.39, 0.29) is 25.6 Å². The fraction of sp³-hybridized carbons (Fsp3) is 0.364. The zero-order valence-electron chi connectivity index (χ0n) is 10.6. The van der Waals surface area contributed by atoms with Gasteiger partial charge in [0.2, 0.25) is 0 Å². The maximum atomic E-state index is 10.9. The minimum absolute atomic E-state index is 0. The number of pyridine rings is 1. The normalized spacial score (nSPS) is 8.95. The van der Waals surface area contributed by atoms with Crippen LogP contribution in [0.15, 0.2) is 18.2 Å². The third-order valence-electron chi connectivity index (χ3n) is 1.97. The van der Waals surface area contributed by atoms with Gasteiger partial charge in [-0.1, -0.05) is 6.07 Å². The van der Waals surface area contributed by atoms with Gasteiger partial charge in [0.05, 0.1) is 11.4 Å². The molecule has 1 aromatic rings. The van der Waals surface area contributed by atoms with E-state index in [9.17, 15) is 9.59 Å². The molecule has 8 heteroatoms. The summed E-state index contributed by atoms with van der Waals surface area (Å²) < 4.78 is 9.69. The highest BCUT2D eigenvalue weighted by Crippen LogP contribution is 2.03. The molecule has 0 atom stereocenters. The van der Waals surface area contributed by atoms with Crippen LogP contribution in [-0.4, -0.2) is 31.3 Å². The molecule has 2 N–H and O–H groups in total. The van der Waals surface area contributed by atoms with E-state index < -0.39 is 12.2 Å². The van der Waals surface area contributed by atoms with E-state index in [1.807, 2.05) is 0 Å². The van der Waals surface area contributed by atoms with Crippen LogP contribution in [0.2, 0.25) is 0 Å². The summed E-state index contributed by atoms with van der Waals surface area (Å²) in [6.07, 6.45) is -1.05. The number of hydrogen-bond acceptors (Lipinski definition) is 5. The van der Waals surface area contributed by atoms with Crippen LogP contribution in [0.25, 0.3) is 0 Å². The van der Waals surface area contributed by atoms with Crippen molar-refractivity contribution in [3.63, 3.8) is 0 Å². The van der Waals surface area contributed by atoms with Crippen LogP contribution in [-0.2, 0) is 22.7 Å². The van der Waals surface area contributed by atoms with Crippen LogP contribution in [0.3, 0.4) is 0 Å². The Hall–Kier alpha value is -2.02. The summed E-state index contributed by atoms with van der Waals surface area (Å²) >= 11 is 0. The number of aromatic nitrogens is 1. The van der Waals surface area contributed by atoms with Gasteiger partial charge in [-0.3, -0.25) is 4.98 Å². The Morgan fingerprint density at radius 1 is 1.05 bits per heavy atom. The number of nitrogens with zero attached hydrogens (tertiary/aromatic N) is 1. The Labute approximate surface area is 117 Å². The summed E-state index contributed by atoms with van der Waals surface area (Å²) in [6.45, 7) is 0.126. The van der Waals surface area contributed by atoms with E-state index >= 15 is 0 Å². The van der Waals surface area contributed by atoms with Crippen molar-refractivity contribution < 1.29 is 31.5 Å². The predicted octanol–water partition coefficient (Wildman–Crippen LogP) is -2.20. The molecule has 0 fully saturated rings. The van der Waals surface area contributed by atoms with E-state index in [1.54, 1.807) is 18.2 Å². The van der Waals surface area contributed by atoms with Crippen LogP contribution in [0.5, 0.6) is 0 Å². The summed E-state index contributed by atoms with van der Waals surface area (Å²) in [7, 11) is 2.95. The van der Waals surface area contributed by atoms with Gasteiger partial charge < -0.3 is 32.5 Å².